The van der Waals surface area contributed by atoms with Gasteiger partial charge in [0.25, 0.3) is 0 Å². The smallest absolute Gasteiger partial charge is 0.242 e. The summed E-state index contributed by atoms with van der Waals surface area (Å²) < 4.78 is 0. The lowest BCUT2D eigenvalue weighted by Crippen LogP contribution is -2.43. The molecule has 0 fully saturated rings. The van der Waals surface area contributed by atoms with Crippen molar-refractivity contribution in [2.45, 2.75) is 39.8 Å². The van der Waals surface area contributed by atoms with Crippen LogP contribution in [0.4, 0.5) is 0 Å². The van der Waals surface area contributed by atoms with Crippen molar-refractivity contribution in [3.05, 3.63) is 71.3 Å². The molecule has 0 aromatic heterocycles. The molecule has 4 heteroatoms. The number of rotatable bonds is 7. The van der Waals surface area contributed by atoms with Gasteiger partial charge in [0.1, 0.15) is 0 Å². The van der Waals surface area contributed by atoms with Gasteiger partial charge >= 0.3 is 0 Å². The Hall–Kier alpha value is -2.62. The Bertz CT molecular complexity index is 711. The van der Waals surface area contributed by atoms with Gasteiger partial charge in [-0.25, -0.2) is 0 Å². The van der Waals surface area contributed by atoms with Gasteiger partial charge in [0.2, 0.25) is 11.8 Å². The van der Waals surface area contributed by atoms with Crippen molar-refractivity contribution in [2.75, 3.05) is 6.54 Å². The summed E-state index contributed by atoms with van der Waals surface area (Å²) in [5.41, 5.74) is 3.15. The fourth-order valence-corrected chi connectivity index (χ4v) is 2.68. The minimum atomic E-state index is -0.137. The van der Waals surface area contributed by atoms with Gasteiger partial charge in [-0.2, -0.15) is 0 Å². The molecule has 0 aliphatic carbocycles. The summed E-state index contributed by atoms with van der Waals surface area (Å²) in [6.45, 7) is 6.53. The normalized spacial score (nSPS) is 10.6. The molecule has 0 spiro atoms. The topological polar surface area (TPSA) is 49.4 Å². The maximum atomic E-state index is 12.5. The third kappa shape index (κ3) is 6.07. The number of nitrogens with one attached hydrogen (secondary N) is 1. The summed E-state index contributed by atoms with van der Waals surface area (Å²) in [7, 11) is 0. The molecule has 0 unspecified atom stereocenters. The quantitative estimate of drug-likeness (QED) is 0.843. The minimum absolute atomic E-state index is 0.0235. The van der Waals surface area contributed by atoms with Gasteiger partial charge in [-0.15, -0.1) is 0 Å². The molecule has 25 heavy (non-hydrogen) atoms. The number of carbonyl (C=O) groups excluding carboxylic acids is 2. The first kappa shape index (κ1) is 18.7. The Kier molecular flexibility index (Phi) is 6.75. The number of hydrogen-bond donors (Lipinski definition) is 1. The van der Waals surface area contributed by atoms with Crippen LogP contribution in [0.15, 0.2) is 54.6 Å². The second-order valence-electron chi connectivity index (χ2n) is 6.54. The first-order valence-electron chi connectivity index (χ1n) is 8.61. The zero-order valence-corrected chi connectivity index (χ0v) is 15.2. The molecule has 2 aromatic carbocycles. The lowest BCUT2D eigenvalue weighted by atomic mass is 10.1. The first-order chi connectivity index (χ1) is 12.0. The maximum absolute atomic E-state index is 12.5. The Balaban J connectivity index is 1.89. The van der Waals surface area contributed by atoms with E-state index in [9.17, 15) is 9.59 Å². The van der Waals surface area contributed by atoms with Crippen LogP contribution in [0.2, 0.25) is 0 Å². The highest BCUT2D eigenvalue weighted by molar-refractivity contribution is 5.85. The molecule has 2 rings (SSSR count). The molecule has 0 saturated carbocycles. The number of nitrogens with zero attached hydrogens (tertiary/aromatic N) is 1. The van der Waals surface area contributed by atoms with E-state index in [0.717, 1.165) is 16.7 Å². The predicted octanol–water partition coefficient (Wildman–Crippen LogP) is 3.09. The largest absolute Gasteiger partial charge is 0.347 e. The van der Waals surface area contributed by atoms with E-state index in [2.05, 4.69) is 5.32 Å². The summed E-state index contributed by atoms with van der Waals surface area (Å²) in [6, 6.07) is 17.8. The van der Waals surface area contributed by atoms with Crippen LogP contribution in [0.5, 0.6) is 0 Å². The molecular weight excluding hydrogens is 312 g/mol. The van der Waals surface area contributed by atoms with Crippen molar-refractivity contribution >= 4 is 11.8 Å². The number of aryl methyl sites for hydroxylation is 1. The van der Waals surface area contributed by atoms with Gasteiger partial charge in [-0.05, 0) is 31.9 Å². The summed E-state index contributed by atoms with van der Waals surface area (Å²) >= 11 is 0. The molecule has 4 nitrogen and oxygen atoms in total. The molecule has 0 radical (unpaired) electrons. The Morgan fingerprint density at radius 2 is 1.68 bits per heavy atom. The highest BCUT2D eigenvalue weighted by Gasteiger charge is 2.18. The highest BCUT2D eigenvalue weighted by atomic mass is 16.2. The zero-order valence-electron chi connectivity index (χ0n) is 15.2. The maximum Gasteiger partial charge on any atom is 0.242 e. The standard InChI is InChI=1S/C21H26N2O2/c1-16(2)23(15-18-9-5-4-6-10-18)21(25)14-22-20(24)13-19-11-7-8-17(3)12-19/h4-12,16H,13-15H2,1-3H3,(H,22,24). The van der Waals surface area contributed by atoms with E-state index in [4.69, 9.17) is 0 Å². The molecule has 132 valence electrons. The van der Waals surface area contributed by atoms with Crippen molar-refractivity contribution in [3.8, 4) is 0 Å². The Morgan fingerprint density at radius 3 is 2.32 bits per heavy atom. The van der Waals surface area contributed by atoms with Crippen LogP contribution in [0.3, 0.4) is 0 Å². The van der Waals surface area contributed by atoms with Crippen molar-refractivity contribution in [1.82, 2.24) is 10.2 Å². The Morgan fingerprint density at radius 1 is 1.00 bits per heavy atom. The lowest BCUT2D eigenvalue weighted by Gasteiger charge is -2.27. The molecule has 0 atom stereocenters. The zero-order chi connectivity index (χ0) is 18.2. The van der Waals surface area contributed by atoms with E-state index in [0.29, 0.717) is 6.54 Å². The number of carbonyl (C=O) groups is 2. The molecule has 0 saturated heterocycles. The summed E-state index contributed by atoms with van der Waals surface area (Å²) in [5, 5.41) is 2.74. The first-order valence-corrected chi connectivity index (χ1v) is 8.61. The van der Waals surface area contributed by atoms with E-state index in [1.807, 2.05) is 75.4 Å². The molecule has 2 amide bonds. The van der Waals surface area contributed by atoms with E-state index >= 15 is 0 Å². The molecule has 0 bridgehead atoms. The third-order valence-electron chi connectivity index (χ3n) is 4.02. The van der Waals surface area contributed by atoms with Gasteiger partial charge in [0.05, 0.1) is 13.0 Å². The van der Waals surface area contributed by atoms with Crippen LogP contribution in [-0.2, 0) is 22.6 Å². The van der Waals surface area contributed by atoms with Crippen LogP contribution in [0.1, 0.15) is 30.5 Å². The van der Waals surface area contributed by atoms with Crippen LogP contribution in [-0.4, -0.2) is 29.3 Å². The van der Waals surface area contributed by atoms with Crippen molar-refractivity contribution in [1.29, 1.82) is 0 Å². The summed E-state index contributed by atoms with van der Waals surface area (Å²) in [5.74, 6) is -0.209. The van der Waals surface area contributed by atoms with Crippen molar-refractivity contribution in [3.63, 3.8) is 0 Å². The fraction of sp³-hybridized carbons (Fsp3) is 0.333. The number of amides is 2. The van der Waals surface area contributed by atoms with Gasteiger partial charge in [-0.3, -0.25) is 9.59 Å². The lowest BCUT2D eigenvalue weighted by molar-refractivity contribution is -0.134. The SMILES string of the molecule is Cc1cccc(CC(=O)NCC(=O)N(Cc2ccccc2)C(C)C)c1. The minimum Gasteiger partial charge on any atom is -0.347 e. The van der Waals surface area contributed by atoms with Crippen LogP contribution in [0, 0.1) is 6.92 Å². The Labute approximate surface area is 149 Å². The fourth-order valence-electron chi connectivity index (χ4n) is 2.68. The molecule has 0 aliphatic rings. The van der Waals surface area contributed by atoms with E-state index < -0.39 is 0 Å². The van der Waals surface area contributed by atoms with Gasteiger partial charge in [0, 0.05) is 12.6 Å². The van der Waals surface area contributed by atoms with Crippen LogP contribution < -0.4 is 5.32 Å². The van der Waals surface area contributed by atoms with Crippen LogP contribution >= 0.6 is 0 Å². The van der Waals surface area contributed by atoms with Crippen LogP contribution in [0.25, 0.3) is 0 Å². The second-order valence-corrected chi connectivity index (χ2v) is 6.54. The van der Waals surface area contributed by atoms with E-state index in [1.54, 1.807) is 4.90 Å². The van der Waals surface area contributed by atoms with E-state index in [-0.39, 0.29) is 30.8 Å². The number of hydrogen-bond acceptors (Lipinski definition) is 2. The van der Waals surface area contributed by atoms with E-state index in [1.165, 1.54) is 0 Å². The van der Waals surface area contributed by atoms with Crippen molar-refractivity contribution in [2.24, 2.45) is 0 Å². The highest BCUT2D eigenvalue weighted by Crippen LogP contribution is 2.09. The van der Waals surface area contributed by atoms with Gasteiger partial charge in [0.15, 0.2) is 0 Å². The molecular formula is C21H26N2O2. The average Bonchev–Trinajstić information content (AvgIpc) is 2.58. The monoisotopic (exact) mass is 338 g/mol. The second kappa shape index (κ2) is 9.02. The molecule has 2 aromatic rings. The molecule has 0 aliphatic heterocycles. The third-order valence-corrected chi connectivity index (χ3v) is 4.02. The molecule has 0 heterocycles. The summed E-state index contributed by atoms with van der Waals surface area (Å²) in [4.78, 5) is 26.4. The average molecular weight is 338 g/mol. The van der Waals surface area contributed by atoms with Gasteiger partial charge in [-0.1, -0.05) is 60.2 Å². The number of benzene rings is 2. The predicted molar refractivity (Wildman–Crippen MR) is 100 cm³/mol. The van der Waals surface area contributed by atoms with Crippen molar-refractivity contribution < 1.29 is 9.59 Å². The summed E-state index contributed by atoms with van der Waals surface area (Å²) in [6.07, 6.45) is 0.287. The molecule has 1 N–H and O–H groups in total. The van der Waals surface area contributed by atoms with Gasteiger partial charge < -0.3 is 10.2 Å².